The summed E-state index contributed by atoms with van der Waals surface area (Å²) in [6.45, 7) is 0.248. The molecule has 2 aromatic rings. The van der Waals surface area contributed by atoms with Gasteiger partial charge in [-0.15, -0.1) is 0 Å². The predicted octanol–water partition coefficient (Wildman–Crippen LogP) is 2.64. The van der Waals surface area contributed by atoms with E-state index < -0.39 is 35.7 Å². The Morgan fingerprint density at radius 1 is 1.45 bits per heavy atom. The van der Waals surface area contributed by atoms with Gasteiger partial charge in [0.25, 0.3) is 0 Å². The lowest BCUT2D eigenvalue weighted by atomic mass is 9.95. The van der Waals surface area contributed by atoms with Crippen molar-refractivity contribution in [3.63, 3.8) is 0 Å². The van der Waals surface area contributed by atoms with Crippen molar-refractivity contribution in [2.75, 3.05) is 25.7 Å². The van der Waals surface area contributed by atoms with Crippen LogP contribution in [0.4, 0.5) is 13.6 Å². The molecule has 1 aromatic carbocycles. The maximum atomic E-state index is 14.6. The van der Waals surface area contributed by atoms with Crippen LogP contribution in [0.5, 0.6) is 0 Å². The Labute approximate surface area is 171 Å². The van der Waals surface area contributed by atoms with Gasteiger partial charge >= 0.3 is 12.0 Å². The summed E-state index contributed by atoms with van der Waals surface area (Å²) in [7, 11) is 1.25. The Kier molecular flexibility index (Phi) is 6.73. The number of nitrogens with zero attached hydrogens (tertiary/aromatic N) is 2. The molecule has 2 heterocycles. The van der Waals surface area contributed by atoms with Crippen molar-refractivity contribution in [1.82, 2.24) is 20.2 Å². The molecule has 3 rings (SSSR count). The molecule has 1 aliphatic heterocycles. The van der Waals surface area contributed by atoms with E-state index in [0.29, 0.717) is 24.3 Å². The summed E-state index contributed by atoms with van der Waals surface area (Å²) < 4.78 is 33.2. The van der Waals surface area contributed by atoms with Gasteiger partial charge in [0.05, 0.1) is 19.1 Å². The van der Waals surface area contributed by atoms with E-state index in [1.54, 1.807) is 0 Å². The number of hydrogen-bond donors (Lipinski definition) is 2. The molecule has 0 spiro atoms. The largest absolute Gasteiger partial charge is 0.467 e. The SMILES string of the molecule is COC(=O)[C@@H](CCSC)NC(=O)N1CCc2[nH]cnc2[C@@H]1c1cccc(F)c1F. The van der Waals surface area contributed by atoms with Crippen LogP contribution in [-0.4, -0.2) is 58.6 Å². The number of aromatic nitrogens is 2. The van der Waals surface area contributed by atoms with Gasteiger partial charge < -0.3 is 19.9 Å². The zero-order valence-electron chi connectivity index (χ0n) is 16.1. The minimum Gasteiger partial charge on any atom is -0.467 e. The topological polar surface area (TPSA) is 87.3 Å². The highest BCUT2D eigenvalue weighted by Crippen LogP contribution is 2.35. The summed E-state index contributed by atoms with van der Waals surface area (Å²) in [5.41, 5.74) is 1.22. The average molecular weight is 424 g/mol. The summed E-state index contributed by atoms with van der Waals surface area (Å²) >= 11 is 1.54. The minimum absolute atomic E-state index is 0.00642. The number of carbonyl (C=O) groups excluding carboxylic acids is 2. The van der Waals surface area contributed by atoms with Crippen molar-refractivity contribution in [2.45, 2.75) is 24.9 Å². The number of halogens is 2. The monoisotopic (exact) mass is 424 g/mol. The van der Waals surface area contributed by atoms with Crippen LogP contribution >= 0.6 is 11.8 Å². The molecular formula is C19H22F2N4O3S. The van der Waals surface area contributed by atoms with E-state index in [0.717, 1.165) is 11.8 Å². The van der Waals surface area contributed by atoms with E-state index in [1.807, 2.05) is 6.26 Å². The fourth-order valence-corrected chi connectivity index (χ4v) is 3.87. The standard InChI is InChI=1S/C19H22F2N4O3S/c1-28-18(26)14(7-9-29-2)24-19(27)25-8-6-13-16(23-10-22-13)17(25)11-4-3-5-12(20)15(11)21/h3-5,10,14,17H,6-9H2,1-2H3,(H,22,23)(H,24,27)/t14-,17+/m1/s1. The number of methoxy groups -OCH3 is 1. The van der Waals surface area contributed by atoms with E-state index in [2.05, 4.69) is 15.3 Å². The summed E-state index contributed by atoms with van der Waals surface area (Å²) in [5.74, 6) is -1.94. The lowest BCUT2D eigenvalue weighted by Crippen LogP contribution is -2.51. The van der Waals surface area contributed by atoms with Gasteiger partial charge in [0, 0.05) is 24.2 Å². The third-order valence-corrected chi connectivity index (χ3v) is 5.50. The van der Waals surface area contributed by atoms with Gasteiger partial charge in [-0.2, -0.15) is 11.8 Å². The van der Waals surface area contributed by atoms with Gasteiger partial charge in [0.1, 0.15) is 12.1 Å². The zero-order chi connectivity index (χ0) is 21.0. The summed E-state index contributed by atoms with van der Waals surface area (Å²) in [5, 5.41) is 2.67. The van der Waals surface area contributed by atoms with Crippen molar-refractivity contribution < 1.29 is 23.1 Å². The molecule has 2 N–H and O–H groups in total. The lowest BCUT2D eigenvalue weighted by molar-refractivity contribution is -0.142. The fraction of sp³-hybridized carbons (Fsp3) is 0.421. The first kappa shape index (κ1) is 21.1. The van der Waals surface area contributed by atoms with E-state index in [4.69, 9.17) is 4.74 Å². The van der Waals surface area contributed by atoms with E-state index in [9.17, 15) is 18.4 Å². The predicted molar refractivity (Wildman–Crippen MR) is 105 cm³/mol. The summed E-state index contributed by atoms with van der Waals surface area (Å²) in [4.78, 5) is 33.7. The fourth-order valence-electron chi connectivity index (χ4n) is 3.40. The highest BCUT2D eigenvalue weighted by molar-refractivity contribution is 7.98. The van der Waals surface area contributed by atoms with Crippen LogP contribution in [-0.2, 0) is 16.0 Å². The number of carbonyl (C=O) groups is 2. The second-order valence-corrected chi connectivity index (χ2v) is 7.55. The molecule has 0 saturated carbocycles. The number of imidazole rings is 1. The Balaban J connectivity index is 1.93. The van der Waals surface area contributed by atoms with Crippen molar-refractivity contribution in [3.8, 4) is 0 Å². The van der Waals surface area contributed by atoms with Crippen LogP contribution in [0.1, 0.15) is 29.4 Å². The Morgan fingerprint density at radius 3 is 2.97 bits per heavy atom. The molecular weight excluding hydrogens is 402 g/mol. The molecule has 2 atom stereocenters. The number of hydrogen-bond acceptors (Lipinski definition) is 5. The molecule has 0 aliphatic carbocycles. The molecule has 7 nitrogen and oxygen atoms in total. The number of amides is 2. The van der Waals surface area contributed by atoms with Gasteiger partial charge in [-0.05, 0) is 24.5 Å². The Hall–Kier alpha value is -2.62. The molecule has 0 bridgehead atoms. The van der Waals surface area contributed by atoms with Crippen LogP contribution < -0.4 is 5.32 Å². The van der Waals surface area contributed by atoms with Crippen molar-refractivity contribution in [3.05, 3.63) is 53.1 Å². The Bertz CT molecular complexity index is 892. The van der Waals surface area contributed by atoms with Crippen molar-refractivity contribution in [2.24, 2.45) is 0 Å². The van der Waals surface area contributed by atoms with E-state index in [1.165, 1.54) is 42.2 Å². The zero-order valence-corrected chi connectivity index (χ0v) is 16.9. The minimum atomic E-state index is -1.03. The van der Waals surface area contributed by atoms with Crippen molar-refractivity contribution in [1.29, 1.82) is 0 Å². The number of benzene rings is 1. The second-order valence-electron chi connectivity index (χ2n) is 6.56. The quantitative estimate of drug-likeness (QED) is 0.697. The van der Waals surface area contributed by atoms with Crippen LogP contribution in [0.3, 0.4) is 0 Å². The highest BCUT2D eigenvalue weighted by Gasteiger charge is 2.37. The summed E-state index contributed by atoms with van der Waals surface area (Å²) in [6, 6.07) is 1.52. The second kappa shape index (κ2) is 9.25. The normalized spacial score (nSPS) is 16.8. The number of esters is 1. The molecule has 29 heavy (non-hydrogen) atoms. The van der Waals surface area contributed by atoms with Crippen LogP contribution in [0.15, 0.2) is 24.5 Å². The molecule has 156 valence electrons. The Morgan fingerprint density at radius 2 is 2.24 bits per heavy atom. The number of urea groups is 1. The maximum Gasteiger partial charge on any atom is 0.328 e. The van der Waals surface area contributed by atoms with Gasteiger partial charge in [-0.25, -0.2) is 23.4 Å². The number of aromatic amines is 1. The van der Waals surface area contributed by atoms with E-state index in [-0.39, 0.29) is 12.1 Å². The molecule has 1 aliphatic rings. The lowest BCUT2D eigenvalue weighted by Gasteiger charge is -2.36. The smallest absolute Gasteiger partial charge is 0.328 e. The van der Waals surface area contributed by atoms with Crippen LogP contribution in [0.25, 0.3) is 0 Å². The number of H-pyrrole nitrogens is 1. The molecule has 10 heteroatoms. The van der Waals surface area contributed by atoms with E-state index >= 15 is 0 Å². The molecule has 0 radical (unpaired) electrons. The number of ether oxygens (including phenoxy) is 1. The van der Waals surface area contributed by atoms with Gasteiger partial charge in [-0.1, -0.05) is 12.1 Å². The molecule has 0 saturated heterocycles. The highest BCUT2D eigenvalue weighted by atomic mass is 32.2. The molecule has 2 amide bonds. The first-order valence-electron chi connectivity index (χ1n) is 9.07. The number of nitrogens with one attached hydrogen (secondary N) is 2. The maximum absolute atomic E-state index is 14.6. The van der Waals surface area contributed by atoms with Gasteiger partial charge in [0.2, 0.25) is 0 Å². The first-order chi connectivity index (χ1) is 14.0. The van der Waals surface area contributed by atoms with Gasteiger partial charge in [-0.3, -0.25) is 0 Å². The molecule has 0 unspecified atom stereocenters. The average Bonchev–Trinajstić information content (AvgIpc) is 3.20. The number of fused-ring (bicyclic) bond motifs is 1. The summed E-state index contributed by atoms with van der Waals surface area (Å²) in [6.07, 6.45) is 4.22. The van der Waals surface area contributed by atoms with Crippen molar-refractivity contribution >= 4 is 23.8 Å². The molecule has 0 fully saturated rings. The third-order valence-electron chi connectivity index (χ3n) is 4.86. The first-order valence-corrected chi connectivity index (χ1v) is 10.5. The third kappa shape index (κ3) is 4.36. The van der Waals surface area contributed by atoms with Gasteiger partial charge in [0.15, 0.2) is 11.6 Å². The number of rotatable bonds is 6. The molecule has 1 aromatic heterocycles. The number of thioether (sulfide) groups is 1. The van der Waals surface area contributed by atoms with Crippen LogP contribution in [0.2, 0.25) is 0 Å². The van der Waals surface area contributed by atoms with Crippen LogP contribution in [0, 0.1) is 11.6 Å².